The third-order valence-electron chi connectivity index (χ3n) is 3.49. The molecule has 0 radical (unpaired) electrons. The molecule has 1 fully saturated rings. The lowest BCUT2D eigenvalue weighted by atomic mass is 10.2. The van der Waals surface area contributed by atoms with Crippen LogP contribution < -0.4 is 0 Å². The Hall–Kier alpha value is -2.57. The first-order valence-electron chi connectivity index (χ1n) is 8.20. The molecule has 0 atom stereocenters. The van der Waals surface area contributed by atoms with Crippen LogP contribution in [-0.2, 0) is 20.9 Å². The van der Waals surface area contributed by atoms with E-state index in [4.69, 9.17) is 9.47 Å². The average Bonchev–Trinajstić information content (AvgIpc) is 2.74. The molecule has 1 aliphatic heterocycles. The minimum absolute atomic E-state index is 0.0720. The van der Waals surface area contributed by atoms with Crippen molar-refractivity contribution < 1.29 is 23.9 Å². The van der Waals surface area contributed by atoms with Crippen LogP contribution in [0.4, 0.5) is 9.59 Å². The number of amides is 2. The summed E-state index contributed by atoms with van der Waals surface area (Å²) >= 11 is 0. The molecule has 2 rings (SSSR count). The average molecular weight is 348 g/mol. The summed E-state index contributed by atoms with van der Waals surface area (Å²) < 4.78 is 10.5. The van der Waals surface area contributed by atoms with E-state index < -0.39 is 17.8 Å². The minimum Gasteiger partial charge on any atom is -0.445 e. The van der Waals surface area contributed by atoms with Crippen molar-refractivity contribution in [2.24, 2.45) is 0 Å². The number of carbonyl (C=O) groups excluding carboxylic acids is 3. The number of Topliss-reactive ketones (excluding diaryl/α,β-unsaturated/α-hetero) is 1. The molecule has 7 heteroatoms. The lowest BCUT2D eigenvalue weighted by molar-refractivity contribution is -0.120. The maximum absolute atomic E-state index is 12.2. The van der Waals surface area contributed by atoms with Crippen molar-refractivity contribution in [1.82, 2.24) is 9.80 Å². The molecule has 0 spiro atoms. The van der Waals surface area contributed by atoms with Crippen LogP contribution >= 0.6 is 0 Å². The van der Waals surface area contributed by atoms with Crippen molar-refractivity contribution in [2.75, 3.05) is 26.2 Å². The number of rotatable bonds is 2. The molecule has 0 N–H and O–H groups in total. The second-order valence-electron chi connectivity index (χ2n) is 6.90. The zero-order chi connectivity index (χ0) is 18.4. The largest absolute Gasteiger partial charge is 0.445 e. The Bertz CT molecular complexity index is 624. The summed E-state index contributed by atoms with van der Waals surface area (Å²) in [4.78, 5) is 39.0. The first kappa shape index (κ1) is 18.8. The summed E-state index contributed by atoms with van der Waals surface area (Å²) in [6.45, 7) is 5.72. The van der Waals surface area contributed by atoms with E-state index in [-0.39, 0.29) is 38.6 Å². The van der Waals surface area contributed by atoms with Gasteiger partial charge in [0.2, 0.25) is 0 Å². The van der Waals surface area contributed by atoms with Gasteiger partial charge in [-0.1, -0.05) is 30.3 Å². The van der Waals surface area contributed by atoms with Gasteiger partial charge < -0.3 is 9.47 Å². The summed E-state index contributed by atoms with van der Waals surface area (Å²) in [6.07, 6.45) is -1.12. The molecule has 0 unspecified atom stereocenters. The molecule has 0 aliphatic carbocycles. The number of ether oxygens (including phenoxy) is 2. The van der Waals surface area contributed by atoms with Gasteiger partial charge in [0, 0.05) is 13.1 Å². The first-order valence-corrected chi connectivity index (χ1v) is 8.20. The second kappa shape index (κ2) is 8.00. The van der Waals surface area contributed by atoms with Gasteiger partial charge in [-0.2, -0.15) is 0 Å². The molecule has 0 bridgehead atoms. The van der Waals surface area contributed by atoms with Crippen LogP contribution in [0, 0.1) is 0 Å². The highest BCUT2D eigenvalue weighted by Crippen LogP contribution is 2.12. The van der Waals surface area contributed by atoms with E-state index in [2.05, 4.69) is 0 Å². The number of hydrogen-bond acceptors (Lipinski definition) is 5. The normalized spacial score (nSPS) is 15.6. The summed E-state index contributed by atoms with van der Waals surface area (Å²) in [6, 6.07) is 9.30. The molecule has 7 nitrogen and oxygen atoms in total. The van der Waals surface area contributed by atoms with Crippen LogP contribution in [0.15, 0.2) is 30.3 Å². The van der Waals surface area contributed by atoms with Gasteiger partial charge >= 0.3 is 12.2 Å². The Labute approximate surface area is 147 Å². The van der Waals surface area contributed by atoms with Crippen molar-refractivity contribution in [3.8, 4) is 0 Å². The minimum atomic E-state index is -0.638. The number of hydrogen-bond donors (Lipinski definition) is 0. The van der Waals surface area contributed by atoms with E-state index in [9.17, 15) is 14.4 Å². The van der Waals surface area contributed by atoms with Crippen molar-refractivity contribution in [1.29, 1.82) is 0 Å². The van der Waals surface area contributed by atoms with E-state index in [0.29, 0.717) is 0 Å². The Morgan fingerprint density at radius 3 is 2.12 bits per heavy atom. The molecule has 136 valence electrons. The van der Waals surface area contributed by atoms with Gasteiger partial charge in [-0.3, -0.25) is 14.6 Å². The second-order valence-corrected chi connectivity index (χ2v) is 6.90. The quantitative estimate of drug-likeness (QED) is 0.820. The van der Waals surface area contributed by atoms with E-state index >= 15 is 0 Å². The maximum atomic E-state index is 12.2. The highest BCUT2D eigenvalue weighted by atomic mass is 16.6. The van der Waals surface area contributed by atoms with E-state index in [0.717, 1.165) is 5.56 Å². The number of carbonyl (C=O) groups is 3. The fourth-order valence-corrected chi connectivity index (χ4v) is 2.32. The maximum Gasteiger partial charge on any atom is 0.410 e. The topological polar surface area (TPSA) is 76.2 Å². The summed E-state index contributed by atoms with van der Waals surface area (Å²) in [5.74, 6) is -0.236. The number of benzene rings is 1. The molecule has 25 heavy (non-hydrogen) atoms. The Morgan fingerprint density at radius 2 is 1.56 bits per heavy atom. The van der Waals surface area contributed by atoms with E-state index in [1.807, 2.05) is 30.3 Å². The molecular weight excluding hydrogens is 324 g/mol. The third-order valence-corrected chi connectivity index (χ3v) is 3.49. The zero-order valence-corrected chi connectivity index (χ0v) is 14.9. The summed E-state index contributed by atoms with van der Waals surface area (Å²) in [7, 11) is 0. The van der Waals surface area contributed by atoms with Crippen molar-refractivity contribution in [2.45, 2.75) is 33.0 Å². The third kappa shape index (κ3) is 6.10. The predicted octanol–water partition coefficient (Wildman–Crippen LogP) is 2.45. The van der Waals surface area contributed by atoms with Crippen LogP contribution in [0.25, 0.3) is 0 Å². The van der Waals surface area contributed by atoms with Gasteiger partial charge in [-0.05, 0) is 26.3 Å². The fourth-order valence-electron chi connectivity index (χ4n) is 2.32. The van der Waals surface area contributed by atoms with Gasteiger partial charge in [0.25, 0.3) is 0 Å². The van der Waals surface area contributed by atoms with Crippen molar-refractivity contribution >= 4 is 18.0 Å². The lowest BCUT2D eigenvalue weighted by Crippen LogP contribution is -2.40. The Balaban J connectivity index is 1.90. The van der Waals surface area contributed by atoms with Crippen LogP contribution in [0.3, 0.4) is 0 Å². The van der Waals surface area contributed by atoms with Gasteiger partial charge in [0.05, 0.1) is 13.1 Å². The molecule has 1 heterocycles. The smallest absolute Gasteiger partial charge is 0.410 e. The molecular formula is C18H24N2O5. The van der Waals surface area contributed by atoms with Crippen molar-refractivity contribution in [3.05, 3.63) is 35.9 Å². The van der Waals surface area contributed by atoms with Crippen LogP contribution in [0.1, 0.15) is 26.3 Å². The molecule has 1 aromatic carbocycles. The summed E-state index contributed by atoms with van der Waals surface area (Å²) in [5, 5.41) is 0. The highest BCUT2D eigenvalue weighted by Gasteiger charge is 2.29. The predicted molar refractivity (Wildman–Crippen MR) is 91.0 cm³/mol. The molecule has 0 aromatic heterocycles. The van der Waals surface area contributed by atoms with Crippen LogP contribution in [-0.4, -0.2) is 59.5 Å². The SMILES string of the molecule is CC(C)(C)OC(=O)N1CCN(C(=O)OCc2ccccc2)CC(=O)C1. The molecule has 1 saturated heterocycles. The first-order chi connectivity index (χ1) is 11.7. The Kier molecular flexibility index (Phi) is 6.01. The van der Waals surface area contributed by atoms with E-state index in [1.165, 1.54) is 9.80 Å². The molecule has 0 saturated carbocycles. The fraction of sp³-hybridized carbons (Fsp3) is 0.500. The van der Waals surface area contributed by atoms with Gasteiger partial charge in [0.1, 0.15) is 12.2 Å². The van der Waals surface area contributed by atoms with Gasteiger partial charge in [-0.15, -0.1) is 0 Å². The van der Waals surface area contributed by atoms with Crippen LogP contribution in [0.5, 0.6) is 0 Å². The Morgan fingerprint density at radius 1 is 1.00 bits per heavy atom. The number of nitrogens with zero attached hydrogens (tertiary/aromatic N) is 2. The number of ketones is 1. The summed E-state index contributed by atoms with van der Waals surface area (Å²) in [5.41, 5.74) is 0.230. The van der Waals surface area contributed by atoms with Gasteiger partial charge in [-0.25, -0.2) is 9.59 Å². The van der Waals surface area contributed by atoms with Crippen LogP contribution in [0.2, 0.25) is 0 Å². The molecule has 1 aliphatic rings. The lowest BCUT2D eigenvalue weighted by Gasteiger charge is -2.26. The zero-order valence-electron chi connectivity index (χ0n) is 14.9. The highest BCUT2D eigenvalue weighted by molar-refractivity contribution is 5.88. The molecule has 1 aromatic rings. The standard InChI is InChI=1S/C18H24N2O5/c1-18(2,3)25-17(23)20-10-9-19(11-15(21)12-20)16(22)24-13-14-7-5-4-6-8-14/h4-8H,9-13H2,1-3H3. The monoisotopic (exact) mass is 348 g/mol. The molecule has 2 amide bonds. The van der Waals surface area contributed by atoms with E-state index in [1.54, 1.807) is 20.8 Å². The van der Waals surface area contributed by atoms with Gasteiger partial charge in [0.15, 0.2) is 5.78 Å². The van der Waals surface area contributed by atoms with Crippen molar-refractivity contribution in [3.63, 3.8) is 0 Å².